The van der Waals surface area contributed by atoms with Gasteiger partial charge < -0.3 is 9.80 Å². The summed E-state index contributed by atoms with van der Waals surface area (Å²) in [5.74, 6) is 0. The first-order chi connectivity index (χ1) is 62.5. The van der Waals surface area contributed by atoms with E-state index < -0.39 is 0 Å². The molecule has 2 nitrogen and oxygen atoms in total. The first-order valence-electron chi connectivity index (χ1n) is 49.8. The molecule has 0 saturated heterocycles. The Bertz CT molecular complexity index is 6400. The number of hydrogen-bond acceptors (Lipinski definition) is 2. The molecule has 0 heterocycles. The Morgan fingerprint density at radius 3 is 0.484 bits per heavy atom. The van der Waals surface area contributed by atoms with Gasteiger partial charge in [0.15, 0.2) is 0 Å². The van der Waals surface area contributed by atoms with Crippen LogP contribution in [-0.4, -0.2) is 0 Å². The largest absolute Gasteiger partial charge is 0.310 e. The molecule has 0 spiro atoms. The molecule has 128 heavy (non-hydrogen) atoms. The lowest BCUT2D eigenvalue weighted by molar-refractivity contribution is 0.485. The predicted molar refractivity (Wildman–Crippen MR) is 545 cm³/mol. The molecule has 23 rings (SSSR count). The van der Waals surface area contributed by atoms with Crippen LogP contribution in [0.2, 0.25) is 0 Å². The molecule has 0 fully saturated rings. The maximum atomic E-state index is 2.68. The van der Waals surface area contributed by atoms with Gasteiger partial charge in [-0.2, -0.15) is 0 Å². The molecule has 0 radical (unpaired) electrons. The minimum atomic E-state index is -0.201. The van der Waals surface area contributed by atoms with Crippen molar-refractivity contribution in [3.05, 3.63) is 356 Å². The van der Waals surface area contributed by atoms with Crippen LogP contribution < -0.4 is 9.80 Å². The lowest BCUT2D eigenvalue weighted by atomic mass is 9.71. The van der Waals surface area contributed by atoms with Gasteiger partial charge in [-0.3, -0.25) is 0 Å². The maximum Gasteiger partial charge on any atom is 0.0468 e. The van der Waals surface area contributed by atoms with Crippen molar-refractivity contribution in [2.45, 2.75) is 257 Å². The monoisotopic (exact) mass is 1660 g/mol. The second kappa shape index (κ2) is 29.0. The van der Waals surface area contributed by atoms with Crippen molar-refractivity contribution >= 4 is 55.7 Å². The van der Waals surface area contributed by atoms with Gasteiger partial charge in [0, 0.05) is 77.4 Å². The highest BCUT2D eigenvalue weighted by atomic mass is 15.1. The van der Waals surface area contributed by atoms with Gasteiger partial charge in [-0.05, 0) is 424 Å². The van der Waals surface area contributed by atoms with E-state index in [1.54, 1.807) is 0 Å². The van der Waals surface area contributed by atoms with Gasteiger partial charge in [0.2, 0.25) is 0 Å². The zero-order chi connectivity index (χ0) is 87.8. The lowest BCUT2D eigenvalue weighted by Crippen LogP contribution is -2.25. The molecule has 8 aliphatic rings. The number of hydrogen-bond donors (Lipinski definition) is 0. The lowest BCUT2D eigenvalue weighted by Gasteiger charge is -2.34. The third kappa shape index (κ3) is 10.0. The van der Waals surface area contributed by atoms with E-state index in [9.17, 15) is 0 Å². The van der Waals surface area contributed by atoms with E-state index in [1.807, 2.05) is 0 Å². The van der Waals surface area contributed by atoms with Crippen LogP contribution in [0.1, 0.15) is 303 Å². The van der Waals surface area contributed by atoms with Crippen molar-refractivity contribution in [1.29, 1.82) is 0 Å². The third-order valence-corrected chi connectivity index (χ3v) is 36.9. The second-order valence-electron chi connectivity index (χ2n) is 39.7. The molecule has 2 heteroatoms. The van der Waals surface area contributed by atoms with E-state index in [4.69, 9.17) is 0 Å². The van der Waals surface area contributed by atoms with Crippen LogP contribution in [0.25, 0.3) is 111 Å². The summed E-state index contributed by atoms with van der Waals surface area (Å²) in [6.07, 6.45) is 16.5. The molecule has 638 valence electrons. The van der Waals surface area contributed by atoms with Gasteiger partial charge in [0.05, 0.1) is 0 Å². The van der Waals surface area contributed by atoms with Crippen molar-refractivity contribution in [1.82, 2.24) is 0 Å². The van der Waals surface area contributed by atoms with Gasteiger partial charge in [0.1, 0.15) is 0 Å². The molecule has 15 aromatic rings. The average molecular weight is 1670 g/mol. The van der Waals surface area contributed by atoms with E-state index >= 15 is 0 Å². The molecule has 0 saturated carbocycles. The molecular formula is C126H124N2. The fourth-order valence-corrected chi connectivity index (χ4v) is 29.6. The number of rotatable bonds is 22. The first-order valence-corrected chi connectivity index (χ1v) is 49.8. The summed E-state index contributed by atoms with van der Waals surface area (Å²) in [7, 11) is 0. The highest BCUT2D eigenvalue weighted by molar-refractivity contribution is 6.11. The normalized spacial score (nSPS) is 16.8. The van der Waals surface area contributed by atoms with E-state index in [0.29, 0.717) is 0 Å². The summed E-state index contributed by atoms with van der Waals surface area (Å²) in [6.45, 7) is 39.1. The molecule has 0 amide bonds. The Hall–Kier alpha value is -11.6. The molecule has 0 aliphatic heterocycles. The van der Waals surface area contributed by atoms with Gasteiger partial charge in [-0.15, -0.1) is 0 Å². The average Bonchev–Trinajstić information content (AvgIpc) is 1.53. The fourth-order valence-electron chi connectivity index (χ4n) is 29.6. The van der Waals surface area contributed by atoms with E-state index in [-0.39, 0.29) is 43.3 Å². The summed E-state index contributed by atoms with van der Waals surface area (Å²) in [6, 6.07) is 109. The molecule has 0 bridgehead atoms. The Labute approximate surface area is 762 Å². The Kier molecular flexibility index (Phi) is 18.3. The highest BCUT2D eigenvalue weighted by Crippen LogP contribution is 2.67. The summed E-state index contributed by atoms with van der Waals surface area (Å²) in [5, 5.41) is 4.94. The summed E-state index contributed by atoms with van der Waals surface area (Å²) in [5.41, 5.74) is 52.6. The number of anilines is 6. The third-order valence-electron chi connectivity index (χ3n) is 36.9. The van der Waals surface area contributed by atoms with Crippen LogP contribution in [0.15, 0.2) is 267 Å². The van der Waals surface area contributed by atoms with Gasteiger partial charge in [-0.1, -0.05) is 256 Å². The Balaban J connectivity index is 0.731. The van der Waals surface area contributed by atoms with E-state index in [1.165, 1.54) is 222 Å². The Morgan fingerprint density at radius 2 is 0.289 bits per heavy atom. The standard InChI is InChI=1S/C126H124N2/c1-17-119(18-2)103-45-37-33-41-85(103)95-69-115-99(73-111(95)119)89-59-55-81(65-107(89)123(115,25-9)26-10)127(82-56-60-90-100-74-112-96(70-116(100)124(27-11,28-12)108(90)66-82)86-42-34-38-46-104(86)120(112,19-3)20-4)79-53-51-77-49-50-78-52-54-80(64-94(78)93(77)63-79)128(83-57-61-91-101-75-113-97(71-117(101)125(29-13,30-14)109(91)67-83)87-43-35-39-47-105(87)121(113,21-5)22-6)84-58-62-92-102-76-114-98(72-118(102)126(31-15,32-16)110(92)68-84)88-44-36-40-48-106(88)122(114,23-7)24-8/h33-76H,17-32H2,1-16H3. The van der Waals surface area contributed by atoms with Crippen LogP contribution in [0, 0.1) is 0 Å². The molecule has 0 N–H and O–H groups in total. The maximum absolute atomic E-state index is 2.68. The fraction of sp³-hybridized carbons (Fsp3) is 0.317. The van der Waals surface area contributed by atoms with Crippen LogP contribution in [-0.2, 0) is 43.3 Å². The van der Waals surface area contributed by atoms with E-state index in [0.717, 1.165) is 114 Å². The predicted octanol–water partition coefficient (Wildman–Crippen LogP) is 35.6. The quantitative estimate of drug-likeness (QED) is 0.0624. The van der Waals surface area contributed by atoms with Crippen molar-refractivity contribution < 1.29 is 0 Å². The molecule has 0 aromatic heterocycles. The van der Waals surface area contributed by atoms with E-state index in [2.05, 4.69) is 387 Å². The molecule has 15 aromatic carbocycles. The van der Waals surface area contributed by atoms with Crippen LogP contribution >= 0.6 is 0 Å². The van der Waals surface area contributed by atoms with Crippen molar-refractivity contribution in [2.75, 3.05) is 9.80 Å². The Morgan fingerprint density at radius 1 is 0.141 bits per heavy atom. The second-order valence-corrected chi connectivity index (χ2v) is 39.7. The molecule has 0 unspecified atom stereocenters. The molecule has 0 atom stereocenters. The molecular weight excluding hydrogens is 1540 g/mol. The molecule has 8 aliphatic carbocycles. The number of benzene rings is 15. The van der Waals surface area contributed by atoms with Crippen LogP contribution in [0.5, 0.6) is 0 Å². The van der Waals surface area contributed by atoms with Gasteiger partial charge in [0.25, 0.3) is 0 Å². The summed E-state index contributed by atoms with van der Waals surface area (Å²) in [4.78, 5) is 5.36. The van der Waals surface area contributed by atoms with Crippen molar-refractivity contribution in [3.63, 3.8) is 0 Å². The smallest absolute Gasteiger partial charge is 0.0468 e. The minimum Gasteiger partial charge on any atom is -0.310 e. The van der Waals surface area contributed by atoms with Gasteiger partial charge in [-0.25, -0.2) is 0 Å². The minimum absolute atomic E-state index is 0.0327. The number of nitrogens with zero attached hydrogens (tertiary/aromatic N) is 2. The SMILES string of the molecule is CCC1(CC)c2ccccc2-c2cc3c(cc21)-c1ccc(N(c2ccc4c(c2)C(CC)(CC)c2cc5c(cc2-4)C(CC)(CC)c2ccccc2-5)c2ccc4ccc5ccc(N(c6ccc7c(c6)C(CC)(CC)c6cc8c(cc6-7)C(CC)(CC)c6ccccc6-8)c6ccc7c(c6)C(CC)(CC)c6cc8c(cc6-7)C(CC)(CC)c6ccccc6-8)cc5c4c2)cc1C3(CC)CC. The topological polar surface area (TPSA) is 6.48 Å². The highest BCUT2D eigenvalue weighted by Gasteiger charge is 2.53. The zero-order valence-corrected chi connectivity index (χ0v) is 78.6. The van der Waals surface area contributed by atoms with Crippen LogP contribution in [0.3, 0.4) is 0 Å². The number of fused-ring (bicyclic) bond motifs is 27. The summed E-state index contributed by atoms with van der Waals surface area (Å²) < 4.78 is 0. The van der Waals surface area contributed by atoms with Crippen molar-refractivity contribution in [3.8, 4) is 89.0 Å². The zero-order valence-electron chi connectivity index (χ0n) is 78.6. The van der Waals surface area contributed by atoms with Gasteiger partial charge >= 0.3 is 0 Å². The first kappa shape index (κ1) is 80.9. The van der Waals surface area contributed by atoms with Crippen LogP contribution in [0.4, 0.5) is 34.1 Å². The van der Waals surface area contributed by atoms with Crippen molar-refractivity contribution in [2.24, 2.45) is 0 Å². The summed E-state index contributed by atoms with van der Waals surface area (Å²) >= 11 is 0.